The molecule has 1 heterocycles. The van der Waals surface area contributed by atoms with Gasteiger partial charge in [0, 0.05) is 0 Å². The van der Waals surface area contributed by atoms with Crippen molar-refractivity contribution in [3.8, 4) is 0 Å². The predicted octanol–water partition coefficient (Wildman–Crippen LogP) is 4.90. The minimum Gasteiger partial charge on any atom is -0.477 e. The minimum absolute atomic E-state index is 0.228. The quantitative estimate of drug-likeness (QED) is 0.513. The molecule has 2 N–H and O–H groups in total. The first-order valence-corrected chi connectivity index (χ1v) is 8.52. The van der Waals surface area contributed by atoms with E-state index < -0.39 is 5.97 Å². The Balaban J connectivity index is 1.87. The molecular weight excluding hydrogens is 320 g/mol. The second-order valence-electron chi connectivity index (χ2n) is 5.80. The number of carboxylic acid groups (broad SMARTS) is 1. The molecule has 24 heavy (non-hydrogen) atoms. The smallest absolute Gasteiger partial charge is 0.342 e. The summed E-state index contributed by atoms with van der Waals surface area (Å²) in [6.07, 6.45) is 1.67. The maximum Gasteiger partial charge on any atom is 0.342 e. The molecule has 5 heteroatoms. The van der Waals surface area contributed by atoms with Crippen LogP contribution in [0.2, 0.25) is 0 Å². The van der Waals surface area contributed by atoms with Gasteiger partial charge in [0.2, 0.25) is 0 Å². The Labute approximate surface area is 144 Å². The molecule has 3 aromatic rings. The molecule has 0 saturated heterocycles. The summed E-state index contributed by atoms with van der Waals surface area (Å²) in [6.45, 7) is 4.26. The molecule has 0 amide bonds. The molecule has 122 valence electrons. The molecule has 0 unspecified atom stereocenters. The van der Waals surface area contributed by atoms with Crippen LogP contribution in [-0.4, -0.2) is 21.0 Å². The highest BCUT2D eigenvalue weighted by molar-refractivity contribution is 8.04. The fraction of sp³-hybridized carbons (Fsp3) is 0.158. The number of fused-ring (bicyclic) bond motifs is 1. The molecule has 0 aliphatic heterocycles. The molecule has 0 spiro atoms. The molecular formula is C19H18N2O2S. The molecule has 0 fully saturated rings. The summed E-state index contributed by atoms with van der Waals surface area (Å²) in [5.41, 5.74) is 3.81. The summed E-state index contributed by atoms with van der Waals surface area (Å²) in [4.78, 5) is 19.4. The van der Waals surface area contributed by atoms with Gasteiger partial charge >= 0.3 is 5.97 Å². The van der Waals surface area contributed by atoms with Crippen LogP contribution in [0.1, 0.15) is 30.9 Å². The van der Waals surface area contributed by atoms with E-state index in [0.717, 1.165) is 28.4 Å². The van der Waals surface area contributed by atoms with Gasteiger partial charge in [-0.3, -0.25) is 0 Å². The van der Waals surface area contributed by atoms with Crippen LogP contribution in [0.3, 0.4) is 0 Å². The molecule has 1 aromatic heterocycles. The van der Waals surface area contributed by atoms with Crippen molar-refractivity contribution in [1.29, 1.82) is 0 Å². The number of rotatable bonds is 5. The predicted molar refractivity (Wildman–Crippen MR) is 98.1 cm³/mol. The molecule has 0 saturated carbocycles. The van der Waals surface area contributed by atoms with Gasteiger partial charge in [-0.25, -0.2) is 9.78 Å². The molecule has 2 aromatic carbocycles. The van der Waals surface area contributed by atoms with E-state index in [-0.39, 0.29) is 4.91 Å². The molecule has 0 bridgehead atoms. The van der Waals surface area contributed by atoms with Crippen LogP contribution in [-0.2, 0) is 4.79 Å². The zero-order chi connectivity index (χ0) is 17.1. The number of para-hydroxylation sites is 2. The number of hydrogen-bond acceptors (Lipinski definition) is 3. The summed E-state index contributed by atoms with van der Waals surface area (Å²) in [5, 5.41) is 10.1. The average Bonchev–Trinajstić information content (AvgIpc) is 2.97. The number of benzene rings is 2. The number of nitrogens with zero attached hydrogens (tertiary/aromatic N) is 1. The van der Waals surface area contributed by atoms with E-state index in [4.69, 9.17) is 0 Å². The first kappa shape index (κ1) is 16.3. The molecule has 0 atom stereocenters. The maximum absolute atomic E-state index is 11.6. The topological polar surface area (TPSA) is 66.0 Å². The van der Waals surface area contributed by atoms with Crippen LogP contribution in [0, 0.1) is 0 Å². The largest absolute Gasteiger partial charge is 0.477 e. The number of H-pyrrole nitrogens is 1. The number of aromatic amines is 1. The number of carbonyl (C=O) groups is 1. The number of carboxylic acids is 1. The van der Waals surface area contributed by atoms with Crippen molar-refractivity contribution >= 4 is 34.8 Å². The fourth-order valence-corrected chi connectivity index (χ4v) is 3.14. The zero-order valence-electron chi connectivity index (χ0n) is 13.5. The van der Waals surface area contributed by atoms with Gasteiger partial charge in [0.15, 0.2) is 5.16 Å². The number of aliphatic carboxylic acids is 1. The van der Waals surface area contributed by atoms with E-state index >= 15 is 0 Å². The highest BCUT2D eigenvalue weighted by Gasteiger charge is 2.13. The number of thioether (sulfide) groups is 1. The SMILES string of the molecule is CC(C)c1ccc(/C=C(\Sc2nc3ccccc3[nH]2)C(=O)O)cc1. The van der Waals surface area contributed by atoms with Gasteiger partial charge in [-0.2, -0.15) is 0 Å². The zero-order valence-corrected chi connectivity index (χ0v) is 14.3. The Hall–Kier alpha value is -2.53. The fourth-order valence-electron chi connectivity index (χ4n) is 2.35. The first-order chi connectivity index (χ1) is 11.5. The van der Waals surface area contributed by atoms with Gasteiger partial charge in [-0.15, -0.1) is 0 Å². The minimum atomic E-state index is -0.964. The summed E-state index contributed by atoms with van der Waals surface area (Å²) in [7, 11) is 0. The molecule has 3 rings (SSSR count). The lowest BCUT2D eigenvalue weighted by atomic mass is 10.0. The van der Waals surface area contributed by atoms with Gasteiger partial charge in [-0.1, -0.05) is 50.2 Å². The summed E-state index contributed by atoms with van der Waals surface area (Å²) < 4.78 is 0. The van der Waals surface area contributed by atoms with Crippen molar-refractivity contribution < 1.29 is 9.90 Å². The van der Waals surface area contributed by atoms with Crippen LogP contribution < -0.4 is 0 Å². The lowest BCUT2D eigenvalue weighted by Crippen LogP contribution is -1.97. The van der Waals surface area contributed by atoms with Crippen LogP contribution in [0.4, 0.5) is 0 Å². The van der Waals surface area contributed by atoms with E-state index in [1.54, 1.807) is 6.08 Å². The Morgan fingerprint density at radius 1 is 1.17 bits per heavy atom. The third-order valence-corrected chi connectivity index (χ3v) is 4.59. The van der Waals surface area contributed by atoms with Crippen LogP contribution >= 0.6 is 11.8 Å². The Bertz CT molecular complexity index is 862. The third-order valence-electron chi connectivity index (χ3n) is 3.69. The Morgan fingerprint density at radius 2 is 1.88 bits per heavy atom. The van der Waals surface area contributed by atoms with E-state index in [1.807, 2.05) is 48.5 Å². The van der Waals surface area contributed by atoms with E-state index in [2.05, 4.69) is 23.8 Å². The van der Waals surface area contributed by atoms with Gasteiger partial charge in [0.05, 0.1) is 11.0 Å². The van der Waals surface area contributed by atoms with Crippen LogP contribution in [0.15, 0.2) is 58.6 Å². The van der Waals surface area contributed by atoms with Crippen molar-refractivity contribution in [1.82, 2.24) is 9.97 Å². The normalized spacial score (nSPS) is 12.0. The van der Waals surface area contributed by atoms with Crippen molar-refractivity contribution in [2.75, 3.05) is 0 Å². The highest BCUT2D eigenvalue weighted by Crippen LogP contribution is 2.28. The average molecular weight is 338 g/mol. The molecule has 0 aliphatic rings. The molecule has 0 radical (unpaired) electrons. The van der Waals surface area contributed by atoms with Gasteiger partial charge in [0.1, 0.15) is 4.91 Å². The van der Waals surface area contributed by atoms with Crippen molar-refractivity contribution in [3.63, 3.8) is 0 Å². The highest BCUT2D eigenvalue weighted by atomic mass is 32.2. The number of hydrogen-bond donors (Lipinski definition) is 2. The van der Waals surface area contributed by atoms with Crippen LogP contribution in [0.25, 0.3) is 17.1 Å². The van der Waals surface area contributed by atoms with E-state index in [0.29, 0.717) is 11.1 Å². The standard InChI is InChI=1S/C19H18N2O2S/c1-12(2)14-9-7-13(8-10-14)11-17(18(22)23)24-19-20-15-5-3-4-6-16(15)21-19/h3-12H,1-2H3,(H,20,21)(H,22,23)/b17-11-. The van der Waals surface area contributed by atoms with E-state index in [1.165, 1.54) is 5.56 Å². The second kappa shape index (κ2) is 6.93. The van der Waals surface area contributed by atoms with Crippen molar-refractivity contribution in [2.45, 2.75) is 24.9 Å². The van der Waals surface area contributed by atoms with Crippen LogP contribution in [0.5, 0.6) is 0 Å². The van der Waals surface area contributed by atoms with Crippen molar-refractivity contribution in [3.05, 3.63) is 64.6 Å². The lowest BCUT2D eigenvalue weighted by molar-refractivity contribution is -0.131. The summed E-state index contributed by atoms with van der Waals surface area (Å²) in [5.74, 6) is -0.514. The lowest BCUT2D eigenvalue weighted by Gasteiger charge is -2.05. The number of aromatic nitrogens is 2. The van der Waals surface area contributed by atoms with Gasteiger partial charge in [0.25, 0.3) is 0 Å². The third kappa shape index (κ3) is 3.68. The van der Waals surface area contributed by atoms with Gasteiger partial charge < -0.3 is 10.1 Å². The molecule has 4 nitrogen and oxygen atoms in total. The number of nitrogens with one attached hydrogen (secondary N) is 1. The Morgan fingerprint density at radius 3 is 2.50 bits per heavy atom. The summed E-state index contributed by atoms with van der Waals surface area (Å²) in [6, 6.07) is 15.6. The molecule has 0 aliphatic carbocycles. The summed E-state index contributed by atoms with van der Waals surface area (Å²) >= 11 is 1.12. The van der Waals surface area contributed by atoms with E-state index in [9.17, 15) is 9.90 Å². The maximum atomic E-state index is 11.6. The Kier molecular flexibility index (Phi) is 4.71. The first-order valence-electron chi connectivity index (χ1n) is 7.70. The van der Waals surface area contributed by atoms with Crippen molar-refractivity contribution in [2.24, 2.45) is 0 Å². The second-order valence-corrected chi connectivity index (χ2v) is 6.83. The van der Waals surface area contributed by atoms with Gasteiger partial charge in [-0.05, 0) is 47.0 Å². The number of imidazole rings is 1. The monoisotopic (exact) mass is 338 g/mol.